The van der Waals surface area contributed by atoms with Crippen LogP contribution in [0.5, 0.6) is 0 Å². The fourth-order valence-electron chi connectivity index (χ4n) is 2.04. The second-order valence-electron chi connectivity index (χ2n) is 4.02. The molecule has 1 heterocycles. The molecule has 1 aromatic rings. The Morgan fingerprint density at radius 3 is 3.00 bits per heavy atom. The predicted octanol–water partition coefficient (Wildman–Crippen LogP) is 1.21. The first-order valence-corrected chi connectivity index (χ1v) is 5.50. The molecule has 92 valence electrons. The van der Waals surface area contributed by atoms with Crippen molar-refractivity contribution in [3.63, 3.8) is 0 Å². The van der Waals surface area contributed by atoms with E-state index in [2.05, 4.69) is 0 Å². The van der Waals surface area contributed by atoms with Gasteiger partial charge in [0.15, 0.2) is 0 Å². The lowest BCUT2D eigenvalue weighted by atomic mass is 10.1. The van der Waals surface area contributed by atoms with Gasteiger partial charge in [0.2, 0.25) is 5.91 Å². The lowest BCUT2D eigenvalue weighted by Crippen LogP contribution is -2.32. The molecular weight excluding hydrogens is 223 g/mol. The Bertz CT molecular complexity index is 437. The Labute approximate surface area is 99.2 Å². The van der Waals surface area contributed by atoms with E-state index in [-0.39, 0.29) is 11.7 Å². The normalized spacial score (nSPS) is 18.6. The summed E-state index contributed by atoms with van der Waals surface area (Å²) in [7, 11) is 1.61. The Kier molecular flexibility index (Phi) is 3.40. The lowest BCUT2D eigenvalue weighted by molar-refractivity contribution is -0.119. The topological polar surface area (TPSA) is 55.6 Å². The summed E-state index contributed by atoms with van der Waals surface area (Å²) in [6.45, 7) is 1.12. The zero-order chi connectivity index (χ0) is 12.4. The lowest BCUT2D eigenvalue weighted by Gasteiger charge is -2.17. The minimum Gasteiger partial charge on any atom is -0.385 e. The molecule has 5 heteroatoms. The fourth-order valence-corrected chi connectivity index (χ4v) is 2.04. The van der Waals surface area contributed by atoms with Crippen LogP contribution < -0.4 is 10.6 Å². The number of fused-ring (bicyclic) bond motifs is 1. The van der Waals surface area contributed by atoms with Crippen LogP contribution in [0.3, 0.4) is 0 Å². The van der Waals surface area contributed by atoms with Crippen molar-refractivity contribution in [1.29, 1.82) is 0 Å². The van der Waals surface area contributed by atoms with Crippen LogP contribution in [0.15, 0.2) is 18.2 Å². The number of hydrogen-bond donors (Lipinski definition) is 1. The van der Waals surface area contributed by atoms with Crippen LogP contribution >= 0.6 is 0 Å². The number of hydrogen-bond acceptors (Lipinski definition) is 3. The number of benzene rings is 1. The van der Waals surface area contributed by atoms with Crippen molar-refractivity contribution in [2.24, 2.45) is 5.73 Å². The Balaban J connectivity index is 2.22. The van der Waals surface area contributed by atoms with E-state index in [0.29, 0.717) is 24.4 Å². The van der Waals surface area contributed by atoms with Gasteiger partial charge in [-0.1, -0.05) is 0 Å². The average Bonchev–Trinajstić information content (AvgIpc) is 2.54. The van der Waals surface area contributed by atoms with Crippen LogP contribution in [0.4, 0.5) is 10.1 Å². The zero-order valence-corrected chi connectivity index (χ0v) is 9.65. The first-order chi connectivity index (χ1) is 8.15. The van der Waals surface area contributed by atoms with E-state index in [0.717, 1.165) is 6.42 Å². The molecule has 1 unspecified atom stereocenters. The summed E-state index contributed by atoms with van der Waals surface area (Å²) in [5.41, 5.74) is 7.04. The summed E-state index contributed by atoms with van der Waals surface area (Å²) in [6.07, 6.45) is 0.728. The highest BCUT2D eigenvalue weighted by Gasteiger charge is 2.34. The molecule has 4 nitrogen and oxygen atoms in total. The molecule has 0 bridgehead atoms. The van der Waals surface area contributed by atoms with Crippen LogP contribution in [0.25, 0.3) is 0 Å². The van der Waals surface area contributed by atoms with E-state index in [1.807, 2.05) is 0 Å². The standard InChI is InChI=1S/C12H15FN2O2/c1-17-6-2-5-15-10-4-3-8(13)7-9(10)11(14)12(15)16/h3-4,7,11H,2,5-6,14H2,1H3. The molecule has 1 amide bonds. The second-order valence-corrected chi connectivity index (χ2v) is 4.02. The molecular formula is C12H15FN2O2. The van der Waals surface area contributed by atoms with E-state index in [1.165, 1.54) is 12.1 Å². The third-order valence-electron chi connectivity index (χ3n) is 2.88. The van der Waals surface area contributed by atoms with Gasteiger partial charge in [0.1, 0.15) is 11.9 Å². The maximum atomic E-state index is 13.1. The summed E-state index contributed by atoms with van der Waals surface area (Å²) in [6, 6.07) is 3.52. The van der Waals surface area contributed by atoms with Gasteiger partial charge in [-0.2, -0.15) is 0 Å². The first-order valence-electron chi connectivity index (χ1n) is 5.50. The van der Waals surface area contributed by atoms with Gasteiger partial charge >= 0.3 is 0 Å². The van der Waals surface area contributed by atoms with Gasteiger partial charge in [-0.15, -0.1) is 0 Å². The zero-order valence-electron chi connectivity index (χ0n) is 9.65. The summed E-state index contributed by atoms with van der Waals surface area (Å²) in [5, 5.41) is 0. The van der Waals surface area contributed by atoms with Gasteiger partial charge in [0.05, 0.1) is 0 Å². The van der Waals surface area contributed by atoms with E-state index < -0.39 is 6.04 Å². The third kappa shape index (κ3) is 2.16. The number of ether oxygens (including phenoxy) is 1. The van der Waals surface area contributed by atoms with E-state index in [4.69, 9.17) is 10.5 Å². The number of amides is 1. The molecule has 1 aromatic carbocycles. The number of nitrogens with two attached hydrogens (primary N) is 1. The minimum absolute atomic E-state index is 0.179. The second kappa shape index (κ2) is 4.81. The molecule has 0 radical (unpaired) electrons. The predicted molar refractivity (Wildman–Crippen MR) is 62.2 cm³/mol. The highest BCUT2D eigenvalue weighted by Crippen LogP contribution is 2.34. The number of methoxy groups -OCH3 is 1. The molecule has 0 saturated heterocycles. The van der Waals surface area contributed by atoms with Crippen molar-refractivity contribution >= 4 is 11.6 Å². The molecule has 2 N–H and O–H groups in total. The third-order valence-corrected chi connectivity index (χ3v) is 2.88. The summed E-state index contributed by atoms with van der Waals surface area (Å²) >= 11 is 0. The molecule has 1 aliphatic rings. The van der Waals surface area contributed by atoms with Crippen molar-refractivity contribution < 1.29 is 13.9 Å². The molecule has 0 saturated carbocycles. The smallest absolute Gasteiger partial charge is 0.248 e. The van der Waals surface area contributed by atoms with Gasteiger partial charge in [0.25, 0.3) is 0 Å². The molecule has 17 heavy (non-hydrogen) atoms. The van der Waals surface area contributed by atoms with Crippen LogP contribution in [0.2, 0.25) is 0 Å². The molecule has 0 spiro atoms. The number of halogens is 1. The number of nitrogens with zero attached hydrogens (tertiary/aromatic N) is 1. The molecule has 0 aliphatic carbocycles. The first kappa shape index (κ1) is 12.0. The molecule has 2 rings (SSSR count). The average molecular weight is 238 g/mol. The highest BCUT2D eigenvalue weighted by atomic mass is 19.1. The molecule has 1 atom stereocenters. The van der Waals surface area contributed by atoms with Crippen molar-refractivity contribution in [2.45, 2.75) is 12.5 Å². The van der Waals surface area contributed by atoms with Crippen LogP contribution in [-0.4, -0.2) is 26.2 Å². The summed E-state index contributed by atoms with van der Waals surface area (Å²) < 4.78 is 18.0. The van der Waals surface area contributed by atoms with Gasteiger partial charge in [-0.3, -0.25) is 4.79 Å². The summed E-state index contributed by atoms with van der Waals surface area (Å²) in [5.74, 6) is -0.549. The van der Waals surface area contributed by atoms with Gasteiger partial charge in [0, 0.05) is 31.5 Å². The number of carbonyl (C=O) groups excluding carboxylic acids is 1. The van der Waals surface area contributed by atoms with Crippen molar-refractivity contribution in [3.8, 4) is 0 Å². The largest absolute Gasteiger partial charge is 0.385 e. The van der Waals surface area contributed by atoms with E-state index in [9.17, 15) is 9.18 Å². The van der Waals surface area contributed by atoms with Crippen molar-refractivity contribution in [3.05, 3.63) is 29.6 Å². The number of carbonyl (C=O) groups is 1. The maximum absolute atomic E-state index is 13.1. The monoisotopic (exact) mass is 238 g/mol. The number of anilines is 1. The fraction of sp³-hybridized carbons (Fsp3) is 0.417. The maximum Gasteiger partial charge on any atom is 0.248 e. The number of rotatable bonds is 4. The Morgan fingerprint density at radius 2 is 2.29 bits per heavy atom. The van der Waals surface area contributed by atoms with Crippen LogP contribution in [0.1, 0.15) is 18.0 Å². The molecule has 1 aliphatic heterocycles. The van der Waals surface area contributed by atoms with Gasteiger partial charge in [-0.05, 0) is 24.6 Å². The Hall–Kier alpha value is -1.46. The van der Waals surface area contributed by atoms with Gasteiger partial charge in [-0.25, -0.2) is 4.39 Å². The van der Waals surface area contributed by atoms with Crippen molar-refractivity contribution in [2.75, 3.05) is 25.2 Å². The van der Waals surface area contributed by atoms with E-state index in [1.54, 1.807) is 18.1 Å². The minimum atomic E-state index is -0.747. The van der Waals surface area contributed by atoms with E-state index >= 15 is 0 Å². The molecule has 0 aromatic heterocycles. The highest BCUT2D eigenvalue weighted by molar-refractivity contribution is 6.04. The van der Waals surface area contributed by atoms with Crippen LogP contribution in [0, 0.1) is 5.82 Å². The Morgan fingerprint density at radius 1 is 1.53 bits per heavy atom. The summed E-state index contributed by atoms with van der Waals surface area (Å²) in [4.78, 5) is 13.5. The van der Waals surface area contributed by atoms with Crippen molar-refractivity contribution in [1.82, 2.24) is 0 Å². The van der Waals surface area contributed by atoms with Gasteiger partial charge < -0.3 is 15.4 Å². The SMILES string of the molecule is COCCCN1C(=O)C(N)c2cc(F)ccc21. The molecule has 0 fully saturated rings. The quantitative estimate of drug-likeness (QED) is 0.802. The van der Waals surface area contributed by atoms with Crippen LogP contribution in [-0.2, 0) is 9.53 Å².